The molecule has 3 rings (SSSR count). The number of hydrogen-bond donors (Lipinski definition) is 1. The van der Waals surface area contributed by atoms with Gasteiger partial charge in [0.15, 0.2) is 0 Å². The number of carbonyl (C=O) groups is 3. The Bertz CT molecular complexity index is 1050. The highest BCUT2D eigenvalue weighted by atomic mass is 79.9. The molecule has 0 bridgehead atoms. The third-order valence-corrected chi connectivity index (χ3v) is 4.52. The van der Waals surface area contributed by atoms with Crippen LogP contribution in [-0.2, 0) is 16.1 Å². The predicted molar refractivity (Wildman–Crippen MR) is 106 cm³/mol. The maximum atomic E-state index is 12.6. The standard InChI is InChI=1S/C20H15BrN2O6/c1-3-8-28-16-6-4-12(9-14(16)21)10-15-18(24)23(20(26)22-15)11-13-5-7-17(29-13)19(25)27-2/h1,4-7,9-10H,8,11H2,2H3,(H,22,26)/b15-10-. The van der Waals surface area contributed by atoms with E-state index in [4.69, 9.17) is 15.6 Å². The first-order valence-electron chi connectivity index (χ1n) is 8.30. The molecule has 1 aromatic carbocycles. The minimum atomic E-state index is -0.644. The van der Waals surface area contributed by atoms with Crippen LogP contribution in [0.1, 0.15) is 21.9 Å². The van der Waals surface area contributed by atoms with Crippen LogP contribution in [0.25, 0.3) is 6.08 Å². The van der Waals surface area contributed by atoms with Crippen LogP contribution in [0.15, 0.2) is 44.9 Å². The number of nitrogens with one attached hydrogen (secondary N) is 1. The number of halogens is 1. The molecule has 1 N–H and O–H groups in total. The lowest BCUT2D eigenvalue weighted by Crippen LogP contribution is -2.30. The van der Waals surface area contributed by atoms with E-state index in [0.717, 1.165) is 4.90 Å². The summed E-state index contributed by atoms with van der Waals surface area (Å²) in [4.78, 5) is 37.2. The van der Waals surface area contributed by atoms with Gasteiger partial charge in [-0.25, -0.2) is 9.59 Å². The fourth-order valence-corrected chi connectivity index (χ4v) is 3.07. The molecule has 0 unspecified atom stereocenters. The number of urea groups is 1. The number of benzene rings is 1. The van der Waals surface area contributed by atoms with Gasteiger partial charge in [-0.15, -0.1) is 6.42 Å². The predicted octanol–water partition coefficient (Wildman–Crippen LogP) is 2.93. The Hall–Kier alpha value is -3.51. The van der Waals surface area contributed by atoms with Gasteiger partial charge in [0.25, 0.3) is 5.91 Å². The van der Waals surface area contributed by atoms with E-state index in [1.54, 1.807) is 18.2 Å². The number of rotatable bonds is 6. The quantitative estimate of drug-likeness (QED) is 0.309. The summed E-state index contributed by atoms with van der Waals surface area (Å²) in [5, 5.41) is 2.52. The highest BCUT2D eigenvalue weighted by Gasteiger charge is 2.34. The number of furan rings is 1. The molecule has 0 radical (unpaired) electrons. The molecule has 148 valence electrons. The van der Waals surface area contributed by atoms with Gasteiger partial charge < -0.3 is 19.2 Å². The van der Waals surface area contributed by atoms with E-state index in [1.807, 2.05) is 0 Å². The fraction of sp³-hybridized carbons (Fsp3) is 0.150. The zero-order chi connectivity index (χ0) is 21.0. The third-order valence-electron chi connectivity index (χ3n) is 3.90. The van der Waals surface area contributed by atoms with Crippen LogP contribution in [-0.4, -0.2) is 36.5 Å². The van der Waals surface area contributed by atoms with Crippen molar-refractivity contribution in [1.29, 1.82) is 0 Å². The molecule has 2 heterocycles. The number of terminal acetylenes is 1. The molecule has 0 saturated carbocycles. The van der Waals surface area contributed by atoms with Gasteiger partial charge in [-0.2, -0.15) is 0 Å². The molecule has 1 aromatic heterocycles. The monoisotopic (exact) mass is 458 g/mol. The van der Waals surface area contributed by atoms with Crippen LogP contribution in [0.4, 0.5) is 4.79 Å². The van der Waals surface area contributed by atoms with Gasteiger partial charge in [0.2, 0.25) is 5.76 Å². The minimum absolute atomic E-state index is 0.0117. The number of carbonyl (C=O) groups excluding carboxylic acids is 3. The second-order valence-corrected chi connectivity index (χ2v) is 6.67. The van der Waals surface area contributed by atoms with Crippen molar-refractivity contribution in [2.75, 3.05) is 13.7 Å². The Morgan fingerprint density at radius 3 is 2.83 bits per heavy atom. The van der Waals surface area contributed by atoms with Crippen molar-refractivity contribution in [2.45, 2.75) is 6.54 Å². The number of hydrogen-bond acceptors (Lipinski definition) is 6. The minimum Gasteiger partial charge on any atom is -0.480 e. The zero-order valence-electron chi connectivity index (χ0n) is 15.2. The van der Waals surface area contributed by atoms with E-state index in [2.05, 4.69) is 31.9 Å². The fourth-order valence-electron chi connectivity index (χ4n) is 2.55. The van der Waals surface area contributed by atoms with Gasteiger partial charge in [0.1, 0.15) is 23.8 Å². The lowest BCUT2D eigenvalue weighted by Gasteiger charge is -2.09. The van der Waals surface area contributed by atoms with Gasteiger partial charge in [-0.05, 0) is 51.8 Å². The summed E-state index contributed by atoms with van der Waals surface area (Å²) in [7, 11) is 1.23. The normalized spacial score (nSPS) is 14.7. The summed E-state index contributed by atoms with van der Waals surface area (Å²) in [5.74, 6) is 2.04. The van der Waals surface area contributed by atoms with Crippen LogP contribution >= 0.6 is 15.9 Å². The van der Waals surface area contributed by atoms with Gasteiger partial charge in [-0.3, -0.25) is 9.69 Å². The Kier molecular flexibility index (Phi) is 6.04. The topological polar surface area (TPSA) is 98.1 Å². The number of esters is 1. The second-order valence-electron chi connectivity index (χ2n) is 5.82. The Morgan fingerprint density at radius 1 is 1.34 bits per heavy atom. The molecule has 1 saturated heterocycles. The summed E-state index contributed by atoms with van der Waals surface area (Å²) in [6.07, 6.45) is 6.71. The first-order chi connectivity index (χ1) is 13.9. The molecular weight excluding hydrogens is 444 g/mol. The van der Waals surface area contributed by atoms with Gasteiger partial charge in [0.05, 0.1) is 18.1 Å². The molecule has 0 spiro atoms. The van der Waals surface area contributed by atoms with Crippen molar-refractivity contribution in [3.8, 4) is 18.1 Å². The molecule has 9 heteroatoms. The van der Waals surface area contributed by atoms with Crippen LogP contribution in [0, 0.1) is 12.3 Å². The molecule has 2 aromatic rings. The molecule has 1 aliphatic heterocycles. The first kappa shape index (κ1) is 20.2. The van der Waals surface area contributed by atoms with Crippen LogP contribution in [0.3, 0.4) is 0 Å². The number of ether oxygens (including phenoxy) is 2. The number of imide groups is 1. The van der Waals surface area contributed by atoms with E-state index in [0.29, 0.717) is 15.8 Å². The summed E-state index contributed by atoms with van der Waals surface area (Å²) in [6, 6.07) is 7.48. The maximum Gasteiger partial charge on any atom is 0.373 e. The lowest BCUT2D eigenvalue weighted by atomic mass is 10.2. The zero-order valence-corrected chi connectivity index (χ0v) is 16.8. The van der Waals surface area contributed by atoms with Crippen molar-refractivity contribution >= 4 is 39.9 Å². The van der Waals surface area contributed by atoms with Gasteiger partial charge in [-0.1, -0.05) is 12.0 Å². The smallest absolute Gasteiger partial charge is 0.373 e. The second kappa shape index (κ2) is 8.67. The number of amides is 3. The summed E-state index contributed by atoms with van der Waals surface area (Å²) < 4.78 is 15.9. The molecule has 0 atom stereocenters. The lowest BCUT2D eigenvalue weighted by molar-refractivity contribution is -0.123. The highest BCUT2D eigenvalue weighted by Crippen LogP contribution is 2.27. The Morgan fingerprint density at radius 2 is 2.14 bits per heavy atom. The number of nitrogens with zero attached hydrogens (tertiary/aromatic N) is 1. The Balaban J connectivity index is 1.74. The van der Waals surface area contributed by atoms with E-state index in [9.17, 15) is 14.4 Å². The van der Waals surface area contributed by atoms with Crippen molar-refractivity contribution in [1.82, 2.24) is 10.2 Å². The van der Waals surface area contributed by atoms with E-state index < -0.39 is 17.9 Å². The molecule has 8 nitrogen and oxygen atoms in total. The SMILES string of the molecule is C#CCOc1ccc(/C=C2\NC(=O)N(Cc3ccc(C(=O)OC)o3)C2=O)cc1Br. The number of methoxy groups -OCH3 is 1. The highest BCUT2D eigenvalue weighted by molar-refractivity contribution is 9.10. The van der Waals surface area contributed by atoms with Crippen LogP contribution < -0.4 is 10.1 Å². The summed E-state index contributed by atoms with van der Waals surface area (Å²) >= 11 is 3.37. The Labute approximate surface area is 174 Å². The van der Waals surface area contributed by atoms with E-state index in [1.165, 1.54) is 25.3 Å². The van der Waals surface area contributed by atoms with Gasteiger partial charge >= 0.3 is 12.0 Å². The summed E-state index contributed by atoms with van der Waals surface area (Å²) in [6.45, 7) is 0.00850. The molecule has 3 amide bonds. The van der Waals surface area contributed by atoms with E-state index >= 15 is 0 Å². The molecular formula is C20H15BrN2O6. The van der Waals surface area contributed by atoms with Crippen molar-refractivity contribution in [3.05, 3.63) is 57.6 Å². The molecule has 0 aliphatic carbocycles. The van der Waals surface area contributed by atoms with Crippen LogP contribution in [0.2, 0.25) is 0 Å². The first-order valence-corrected chi connectivity index (χ1v) is 9.09. The maximum absolute atomic E-state index is 12.6. The van der Waals surface area contributed by atoms with E-state index in [-0.39, 0.29) is 30.4 Å². The molecule has 1 fully saturated rings. The average Bonchev–Trinajstić information content (AvgIpc) is 3.27. The van der Waals surface area contributed by atoms with Crippen molar-refractivity contribution in [2.24, 2.45) is 0 Å². The molecule has 29 heavy (non-hydrogen) atoms. The summed E-state index contributed by atoms with van der Waals surface area (Å²) in [5.41, 5.74) is 0.778. The van der Waals surface area contributed by atoms with Gasteiger partial charge in [0, 0.05) is 0 Å². The molecule has 1 aliphatic rings. The van der Waals surface area contributed by atoms with Crippen molar-refractivity contribution in [3.63, 3.8) is 0 Å². The largest absolute Gasteiger partial charge is 0.480 e. The van der Waals surface area contributed by atoms with Crippen LogP contribution in [0.5, 0.6) is 5.75 Å². The average molecular weight is 459 g/mol. The van der Waals surface area contributed by atoms with Crippen molar-refractivity contribution < 1.29 is 28.3 Å². The third kappa shape index (κ3) is 4.50.